The fourth-order valence-corrected chi connectivity index (χ4v) is 4.94. The summed E-state index contributed by atoms with van der Waals surface area (Å²) in [5.74, 6) is -3.30. The fourth-order valence-electron chi connectivity index (χ4n) is 4.94. The Morgan fingerprint density at radius 3 is 2.00 bits per heavy atom. The number of amides is 4. The summed E-state index contributed by atoms with van der Waals surface area (Å²) in [6.45, 7) is 16.6. The van der Waals surface area contributed by atoms with Crippen LogP contribution < -0.4 is 20.7 Å². The van der Waals surface area contributed by atoms with Crippen LogP contribution in [0.3, 0.4) is 0 Å². The highest BCUT2D eigenvalue weighted by atomic mass is 19.1. The first kappa shape index (κ1) is 38.8. The van der Waals surface area contributed by atoms with Crippen molar-refractivity contribution in [3.8, 4) is 11.6 Å². The highest BCUT2D eigenvalue weighted by Gasteiger charge is 2.41. The van der Waals surface area contributed by atoms with E-state index in [0.29, 0.717) is 19.2 Å². The minimum absolute atomic E-state index is 0.0556. The summed E-state index contributed by atoms with van der Waals surface area (Å²) in [7, 11) is 0. The Morgan fingerprint density at radius 2 is 1.51 bits per heavy atom. The van der Waals surface area contributed by atoms with Crippen molar-refractivity contribution in [1.82, 2.24) is 30.4 Å². The summed E-state index contributed by atoms with van der Waals surface area (Å²) >= 11 is 0. The molecule has 270 valence electrons. The van der Waals surface area contributed by atoms with E-state index in [-0.39, 0.29) is 48.9 Å². The van der Waals surface area contributed by atoms with Crippen molar-refractivity contribution in [2.45, 2.75) is 85.1 Å². The van der Waals surface area contributed by atoms with Crippen molar-refractivity contribution >= 4 is 29.8 Å². The van der Waals surface area contributed by atoms with Gasteiger partial charge in [-0.05, 0) is 74.4 Å². The summed E-state index contributed by atoms with van der Waals surface area (Å²) in [5.41, 5.74) is -2.22. The molecule has 0 saturated carbocycles. The predicted molar refractivity (Wildman–Crippen MR) is 176 cm³/mol. The molecule has 1 saturated heterocycles. The molecule has 0 aliphatic carbocycles. The largest absolute Gasteiger partial charge is 0.444 e. The molecule has 16 heteroatoms. The van der Waals surface area contributed by atoms with Gasteiger partial charge in [-0.2, -0.15) is 0 Å². The van der Waals surface area contributed by atoms with E-state index < -0.39 is 52.5 Å². The third-order valence-corrected chi connectivity index (χ3v) is 7.25. The number of aromatic nitrogens is 2. The lowest BCUT2D eigenvalue weighted by Gasteiger charge is -2.49. The smallest absolute Gasteiger partial charge is 0.407 e. The predicted octanol–water partition coefficient (Wildman–Crippen LogP) is 4.46. The molecule has 14 nitrogen and oxygen atoms in total. The first-order valence-corrected chi connectivity index (χ1v) is 15.9. The summed E-state index contributed by atoms with van der Waals surface area (Å²) in [5, 5.41) is 7.96. The Morgan fingerprint density at radius 1 is 0.918 bits per heavy atom. The maximum Gasteiger partial charge on any atom is 0.407 e. The number of alkyl carbamates (subject to hydrolysis) is 2. The van der Waals surface area contributed by atoms with Gasteiger partial charge in [-0.1, -0.05) is 0 Å². The van der Waals surface area contributed by atoms with Gasteiger partial charge in [0.05, 0.1) is 29.9 Å². The lowest BCUT2D eigenvalue weighted by atomic mass is 9.94. The first-order valence-electron chi connectivity index (χ1n) is 15.9. The van der Waals surface area contributed by atoms with Crippen molar-refractivity contribution in [1.29, 1.82) is 0 Å². The Hall–Kier alpha value is -4.60. The number of hydrogen-bond acceptors (Lipinski definition) is 10. The molecule has 4 amide bonds. The number of piperazine rings is 1. The van der Waals surface area contributed by atoms with Gasteiger partial charge in [0.15, 0.2) is 17.4 Å². The van der Waals surface area contributed by atoms with Crippen LogP contribution in [-0.4, -0.2) is 99.3 Å². The normalized spacial score (nSPS) is 15.6. The van der Waals surface area contributed by atoms with Gasteiger partial charge in [-0.15, -0.1) is 0 Å². The van der Waals surface area contributed by atoms with Crippen LogP contribution in [0.15, 0.2) is 30.6 Å². The van der Waals surface area contributed by atoms with Crippen LogP contribution in [0.5, 0.6) is 11.6 Å². The van der Waals surface area contributed by atoms with Crippen LogP contribution in [0.1, 0.15) is 62.3 Å². The topological polar surface area (TPSA) is 164 Å². The zero-order valence-corrected chi connectivity index (χ0v) is 29.5. The zero-order valence-electron chi connectivity index (χ0n) is 29.5. The zero-order chi connectivity index (χ0) is 36.7. The number of benzene rings is 1. The number of carbonyl (C=O) groups is 4. The van der Waals surface area contributed by atoms with E-state index in [0.717, 1.165) is 12.1 Å². The molecular weight excluding hydrogens is 644 g/mol. The summed E-state index contributed by atoms with van der Waals surface area (Å²) < 4.78 is 43.0. The average Bonchev–Trinajstić information content (AvgIpc) is 2.96. The highest BCUT2D eigenvalue weighted by Crippen LogP contribution is 2.26. The van der Waals surface area contributed by atoms with Crippen LogP contribution in [0.2, 0.25) is 0 Å². The van der Waals surface area contributed by atoms with Gasteiger partial charge in [0.2, 0.25) is 17.7 Å². The van der Waals surface area contributed by atoms with Crippen LogP contribution in [0.4, 0.5) is 24.2 Å². The molecule has 3 N–H and O–H groups in total. The minimum Gasteiger partial charge on any atom is -0.444 e. The quantitative estimate of drug-likeness (QED) is 0.324. The van der Waals surface area contributed by atoms with E-state index in [1.165, 1.54) is 12.4 Å². The molecule has 0 radical (unpaired) electrons. The second-order valence-corrected chi connectivity index (χ2v) is 14.3. The lowest BCUT2D eigenvalue weighted by Crippen LogP contribution is -2.65. The van der Waals surface area contributed by atoms with Crippen LogP contribution in [-0.2, 0) is 19.1 Å². The second-order valence-electron chi connectivity index (χ2n) is 14.3. The maximum absolute atomic E-state index is 13.9. The number of ether oxygens (including phenoxy) is 3. The number of hydrogen-bond donors (Lipinski definition) is 3. The van der Waals surface area contributed by atoms with E-state index in [2.05, 4.69) is 25.9 Å². The first-order chi connectivity index (χ1) is 22.6. The van der Waals surface area contributed by atoms with Crippen LogP contribution in [0, 0.1) is 17.6 Å². The molecule has 2 aromatic rings. The Kier molecular flexibility index (Phi) is 12.5. The number of nitrogens with zero attached hydrogens (tertiary/aromatic N) is 4. The second kappa shape index (κ2) is 15.7. The summed E-state index contributed by atoms with van der Waals surface area (Å²) in [4.78, 5) is 63.6. The number of rotatable bonds is 10. The number of carbonyl (C=O) groups excluding carboxylic acids is 4. The Bertz CT molecular complexity index is 1460. The van der Waals surface area contributed by atoms with Gasteiger partial charge in [0.1, 0.15) is 17.0 Å². The highest BCUT2D eigenvalue weighted by molar-refractivity contribution is 5.93. The monoisotopic (exact) mass is 691 g/mol. The third-order valence-electron chi connectivity index (χ3n) is 7.25. The molecule has 0 spiro atoms. The molecule has 1 aromatic carbocycles. The lowest BCUT2D eigenvalue weighted by molar-refractivity contribution is -0.146. The van der Waals surface area contributed by atoms with Gasteiger partial charge < -0.3 is 35.1 Å². The van der Waals surface area contributed by atoms with E-state index >= 15 is 0 Å². The van der Waals surface area contributed by atoms with Crippen molar-refractivity contribution in [2.75, 3.05) is 38.0 Å². The molecule has 0 bridgehead atoms. The Labute approximate surface area is 285 Å². The summed E-state index contributed by atoms with van der Waals surface area (Å²) in [6.07, 6.45) is 1.06. The van der Waals surface area contributed by atoms with E-state index in [1.807, 2.05) is 18.7 Å². The van der Waals surface area contributed by atoms with Crippen molar-refractivity contribution in [3.63, 3.8) is 0 Å². The van der Waals surface area contributed by atoms with Crippen LogP contribution >= 0.6 is 0 Å². The molecular formula is C33H47F2N7O7. The van der Waals surface area contributed by atoms with Crippen molar-refractivity contribution in [2.24, 2.45) is 5.92 Å². The van der Waals surface area contributed by atoms with Gasteiger partial charge >= 0.3 is 12.2 Å². The number of anilines is 1. The molecule has 3 rings (SSSR count). The molecule has 1 fully saturated rings. The minimum atomic E-state index is -0.900. The number of halogens is 2. The molecule has 0 unspecified atom stereocenters. The van der Waals surface area contributed by atoms with Crippen LogP contribution in [0.25, 0.3) is 0 Å². The molecule has 1 aliphatic heterocycles. The third kappa shape index (κ3) is 12.1. The van der Waals surface area contributed by atoms with Gasteiger partial charge in [0.25, 0.3) is 0 Å². The molecule has 49 heavy (non-hydrogen) atoms. The van der Waals surface area contributed by atoms with Gasteiger partial charge in [-0.3, -0.25) is 14.5 Å². The standard InChI is InChI=1S/C33H47F2N7O7/c1-20(27(43)40-25-17-37-26(18-36-25)47-24-11-10-22(34)14-23(24)35)41-12-13-42(33(8,9)19-41)28(44)21(15-38-29(45)48-31(2,3)4)16-39-30(46)49-32(5,6)7/h10-11,14,17-18,20-21H,12-13,15-16,19H2,1-9H3,(H,38,45)(H,39,46)(H,36,40,43)/t20-/m0/s1. The van der Waals surface area contributed by atoms with E-state index in [4.69, 9.17) is 14.2 Å². The van der Waals surface area contributed by atoms with E-state index in [9.17, 15) is 28.0 Å². The van der Waals surface area contributed by atoms with Crippen molar-refractivity contribution in [3.05, 3.63) is 42.2 Å². The van der Waals surface area contributed by atoms with Crippen molar-refractivity contribution < 1.29 is 42.2 Å². The molecule has 1 aliphatic rings. The number of nitrogens with one attached hydrogen (secondary N) is 3. The Balaban J connectivity index is 1.63. The average molecular weight is 692 g/mol. The van der Waals surface area contributed by atoms with E-state index in [1.54, 1.807) is 53.4 Å². The fraction of sp³-hybridized carbons (Fsp3) is 0.576. The summed E-state index contributed by atoms with van der Waals surface area (Å²) in [6, 6.07) is 2.23. The molecule has 2 heterocycles. The SMILES string of the molecule is C[C@@H](C(=O)Nc1cnc(Oc2ccc(F)cc2F)cn1)N1CCN(C(=O)C(CNC(=O)OC(C)(C)C)CNC(=O)OC(C)(C)C)C(C)(C)C1. The maximum atomic E-state index is 13.9. The van der Waals surface area contributed by atoms with Gasteiger partial charge in [0, 0.05) is 38.8 Å². The molecule has 1 atom stereocenters. The van der Waals surface area contributed by atoms with Gasteiger partial charge in [-0.25, -0.2) is 28.3 Å². The molecule has 1 aromatic heterocycles.